The Morgan fingerprint density at radius 2 is 0.889 bits per heavy atom. The lowest BCUT2D eigenvalue weighted by Crippen LogP contribution is -1.87. The Kier molecular flexibility index (Phi) is 4.78. The van der Waals surface area contributed by atoms with E-state index in [0.29, 0.717) is 11.6 Å². The number of rotatable bonds is 5. The number of hydrogen-bond donors (Lipinski definition) is 2. The number of nitro groups is 2. The van der Waals surface area contributed by atoms with Gasteiger partial charge in [-0.05, 0) is 59.7 Å². The van der Waals surface area contributed by atoms with Crippen LogP contribution in [0.3, 0.4) is 0 Å². The zero-order valence-corrected chi connectivity index (χ0v) is 18.5. The largest absolute Gasteiger partial charge is 0.338 e. The van der Waals surface area contributed by atoms with Crippen LogP contribution in [-0.4, -0.2) is 29.8 Å². The second-order valence-corrected chi connectivity index (χ2v) is 8.24. The number of nitro benzene ring substituents is 2. The van der Waals surface area contributed by atoms with Crippen LogP contribution in [0.5, 0.6) is 0 Å². The van der Waals surface area contributed by atoms with Crippen LogP contribution in [-0.2, 0) is 0 Å². The van der Waals surface area contributed by atoms with Crippen LogP contribution < -0.4 is 0 Å². The topological polar surface area (TPSA) is 144 Å². The molecule has 10 nitrogen and oxygen atoms in total. The molecule has 0 amide bonds. The molecule has 0 aliphatic carbocycles. The van der Waals surface area contributed by atoms with Crippen molar-refractivity contribution in [1.82, 2.24) is 19.9 Å². The first-order valence-corrected chi connectivity index (χ1v) is 10.9. The van der Waals surface area contributed by atoms with Crippen LogP contribution in [0.2, 0.25) is 0 Å². The van der Waals surface area contributed by atoms with Crippen molar-refractivity contribution in [3.63, 3.8) is 0 Å². The first-order chi connectivity index (χ1) is 17.4. The quantitative estimate of drug-likeness (QED) is 0.222. The highest BCUT2D eigenvalue weighted by Crippen LogP contribution is 2.30. The van der Waals surface area contributed by atoms with Gasteiger partial charge in [0.1, 0.15) is 11.6 Å². The van der Waals surface area contributed by atoms with E-state index in [4.69, 9.17) is 0 Å². The SMILES string of the molecule is O=[N+]([O-])c1ccc(-c2nc3cc(-c4ccc5[nH]c(-c6ccc([N+](=O)[O-])cc6)nc5c4)ccc3[nH]2)cc1. The van der Waals surface area contributed by atoms with Gasteiger partial charge in [0.25, 0.3) is 11.4 Å². The Hall–Kier alpha value is -5.38. The fourth-order valence-electron chi connectivity index (χ4n) is 4.13. The maximum atomic E-state index is 10.9. The Labute approximate surface area is 202 Å². The molecule has 4 aromatic carbocycles. The van der Waals surface area contributed by atoms with E-state index >= 15 is 0 Å². The number of non-ortho nitro benzene ring substituents is 2. The predicted molar refractivity (Wildman–Crippen MR) is 135 cm³/mol. The van der Waals surface area contributed by atoms with Gasteiger partial charge in [-0.3, -0.25) is 20.2 Å². The third-order valence-electron chi connectivity index (χ3n) is 6.00. The predicted octanol–water partition coefficient (Wildman–Crippen LogP) is 6.26. The summed E-state index contributed by atoms with van der Waals surface area (Å²) < 4.78 is 0. The summed E-state index contributed by atoms with van der Waals surface area (Å²) in [6.45, 7) is 0. The summed E-state index contributed by atoms with van der Waals surface area (Å²) in [6.07, 6.45) is 0. The molecule has 0 saturated heterocycles. The highest BCUT2D eigenvalue weighted by molar-refractivity contribution is 5.88. The molecule has 0 atom stereocenters. The molecular formula is C26H16N6O4. The number of nitrogens with zero attached hydrogens (tertiary/aromatic N) is 4. The molecule has 2 aromatic heterocycles. The van der Waals surface area contributed by atoms with Gasteiger partial charge in [-0.2, -0.15) is 0 Å². The van der Waals surface area contributed by atoms with Crippen molar-refractivity contribution < 1.29 is 9.85 Å². The van der Waals surface area contributed by atoms with Crippen LogP contribution >= 0.6 is 0 Å². The number of H-pyrrole nitrogens is 2. The molecule has 174 valence electrons. The molecule has 0 saturated carbocycles. The lowest BCUT2D eigenvalue weighted by molar-refractivity contribution is -0.385. The van der Waals surface area contributed by atoms with Crippen molar-refractivity contribution in [3.8, 4) is 33.9 Å². The fourth-order valence-corrected chi connectivity index (χ4v) is 4.13. The van der Waals surface area contributed by atoms with Gasteiger partial charge >= 0.3 is 0 Å². The van der Waals surface area contributed by atoms with Gasteiger partial charge in [0.2, 0.25) is 0 Å². The van der Waals surface area contributed by atoms with E-state index in [1.807, 2.05) is 36.4 Å². The molecular weight excluding hydrogens is 460 g/mol. The van der Waals surface area contributed by atoms with Gasteiger partial charge in [-0.1, -0.05) is 12.1 Å². The normalized spacial score (nSPS) is 11.2. The Morgan fingerprint density at radius 3 is 1.25 bits per heavy atom. The standard InChI is InChI=1S/C26H16N6O4/c33-31(34)19-7-1-15(2-8-19)25-27-21-11-5-17(13-23(21)29-25)18-6-12-22-24(14-18)30-26(28-22)16-3-9-20(10-4-16)32(35)36/h1-14H,(H,27,29)(H,28,30). The van der Waals surface area contributed by atoms with E-state index in [-0.39, 0.29) is 11.4 Å². The maximum Gasteiger partial charge on any atom is 0.269 e. The zero-order valence-electron chi connectivity index (χ0n) is 18.5. The summed E-state index contributed by atoms with van der Waals surface area (Å²) in [5.41, 5.74) is 6.76. The van der Waals surface area contributed by atoms with E-state index in [0.717, 1.165) is 44.3 Å². The molecule has 6 aromatic rings. The number of fused-ring (bicyclic) bond motifs is 2. The van der Waals surface area contributed by atoms with Crippen molar-refractivity contribution in [3.05, 3.63) is 105 Å². The molecule has 2 heterocycles. The summed E-state index contributed by atoms with van der Waals surface area (Å²) in [5, 5.41) is 21.8. The molecule has 0 radical (unpaired) electrons. The summed E-state index contributed by atoms with van der Waals surface area (Å²) in [5.74, 6) is 1.26. The van der Waals surface area contributed by atoms with E-state index < -0.39 is 9.85 Å². The van der Waals surface area contributed by atoms with Crippen molar-refractivity contribution in [1.29, 1.82) is 0 Å². The highest BCUT2D eigenvalue weighted by Gasteiger charge is 2.12. The van der Waals surface area contributed by atoms with Crippen molar-refractivity contribution in [2.45, 2.75) is 0 Å². The molecule has 0 unspecified atom stereocenters. The number of benzene rings is 4. The van der Waals surface area contributed by atoms with E-state index in [1.54, 1.807) is 24.3 Å². The molecule has 2 N–H and O–H groups in total. The summed E-state index contributed by atoms with van der Waals surface area (Å²) in [7, 11) is 0. The summed E-state index contributed by atoms with van der Waals surface area (Å²) in [4.78, 5) is 36.8. The van der Waals surface area contributed by atoms with Crippen LogP contribution in [0.25, 0.3) is 56.0 Å². The number of aromatic nitrogens is 4. The minimum absolute atomic E-state index is 0.0302. The van der Waals surface area contributed by atoms with E-state index in [9.17, 15) is 20.2 Å². The van der Waals surface area contributed by atoms with Crippen molar-refractivity contribution >= 4 is 33.4 Å². The lowest BCUT2D eigenvalue weighted by Gasteiger charge is -2.01. The van der Waals surface area contributed by atoms with Crippen molar-refractivity contribution in [2.24, 2.45) is 0 Å². The average molecular weight is 476 g/mol. The maximum absolute atomic E-state index is 10.9. The van der Waals surface area contributed by atoms with Crippen LogP contribution in [0, 0.1) is 20.2 Å². The Morgan fingerprint density at radius 1 is 0.528 bits per heavy atom. The smallest absolute Gasteiger partial charge is 0.269 e. The van der Waals surface area contributed by atoms with Gasteiger partial charge in [0, 0.05) is 35.4 Å². The van der Waals surface area contributed by atoms with Crippen LogP contribution in [0.15, 0.2) is 84.9 Å². The molecule has 6 rings (SSSR count). The summed E-state index contributed by atoms with van der Waals surface area (Å²) in [6, 6.07) is 24.3. The first kappa shape index (κ1) is 21.2. The monoisotopic (exact) mass is 476 g/mol. The van der Waals surface area contributed by atoms with Gasteiger partial charge in [-0.15, -0.1) is 0 Å². The zero-order chi connectivity index (χ0) is 24.8. The molecule has 36 heavy (non-hydrogen) atoms. The lowest BCUT2D eigenvalue weighted by atomic mass is 10.0. The number of nitrogens with one attached hydrogen (secondary N) is 2. The number of hydrogen-bond acceptors (Lipinski definition) is 6. The van der Waals surface area contributed by atoms with Gasteiger partial charge in [0.05, 0.1) is 31.9 Å². The number of aromatic amines is 2. The van der Waals surface area contributed by atoms with Crippen LogP contribution in [0.1, 0.15) is 0 Å². The van der Waals surface area contributed by atoms with Gasteiger partial charge in [0.15, 0.2) is 0 Å². The van der Waals surface area contributed by atoms with Crippen LogP contribution in [0.4, 0.5) is 11.4 Å². The summed E-state index contributed by atoms with van der Waals surface area (Å²) >= 11 is 0. The molecule has 0 bridgehead atoms. The minimum atomic E-state index is -0.431. The first-order valence-electron chi connectivity index (χ1n) is 10.9. The molecule has 0 aliphatic heterocycles. The second kappa shape index (κ2) is 8.13. The molecule has 0 spiro atoms. The van der Waals surface area contributed by atoms with Gasteiger partial charge in [-0.25, -0.2) is 9.97 Å². The number of imidazole rings is 2. The fraction of sp³-hybridized carbons (Fsp3) is 0. The van der Waals surface area contributed by atoms with Gasteiger partial charge < -0.3 is 9.97 Å². The molecule has 10 heteroatoms. The Balaban J connectivity index is 1.32. The van der Waals surface area contributed by atoms with E-state index in [2.05, 4.69) is 19.9 Å². The van der Waals surface area contributed by atoms with E-state index in [1.165, 1.54) is 24.3 Å². The molecule has 0 fully saturated rings. The Bertz CT molecular complexity index is 1650. The minimum Gasteiger partial charge on any atom is -0.338 e. The molecule has 0 aliphatic rings. The highest BCUT2D eigenvalue weighted by atomic mass is 16.6. The third kappa shape index (κ3) is 3.72. The second-order valence-electron chi connectivity index (χ2n) is 8.24. The third-order valence-corrected chi connectivity index (χ3v) is 6.00. The van der Waals surface area contributed by atoms with Crippen molar-refractivity contribution in [2.75, 3.05) is 0 Å². The average Bonchev–Trinajstić information content (AvgIpc) is 3.52.